The van der Waals surface area contributed by atoms with Crippen LogP contribution in [0.3, 0.4) is 0 Å². The molecule has 0 saturated heterocycles. The van der Waals surface area contributed by atoms with Crippen molar-refractivity contribution in [3.8, 4) is 33.1 Å². The van der Waals surface area contributed by atoms with Gasteiger partial charge in [-0.3, -0.25) is 4.79 Å². The SMILES string of the molecule is CCCCNC(=O)c1cc(-c2ccc(OC)cc2)c(-c2ccc(OC)cc2)s1. The normalized spacial score (nSPS) is 10.5. The van der Waals surface area contributed by atoms with Crippen molar-refractivity contribution in [2.24, 2.45) is 0 Å². The highest BCUT2D eigenvalue weighted by atomic mass is 32.1. The summed E-state index contributed by atoms with van der Waals surface area (Å²) in [5.74, 6) is 1.60. The summed E-state index contributed by atoms with van der Waals surface area (Å²) in [6.45, 7) is 2.81. The molecule has 0 atom stereocenters. The zero-order valence-electron chi connectivity index (χ0n) is 16.5. The van der Waals surface area contributed by atoms with E-state index < -0.39 is 0 Å². The van der Waals surface area contributed by atoms with Gasteiger partial charge in [0, 0.05) is 17.0 Å². The van der Waals surface area contributed by atoms with E-state index in [-0.39, 0.29) is 5.91 Å². The molecule has 1 heterocycles. The van der Waals surface area contributed by atoms with Crippen LogP contribution in [0.25, 0.3) is 21.6 Å². The second-order valence-electron chi connectivity index (χ2n) is 6.42. The Morgan fingerprint density at radius 1 is 0.929 bits per heavy atom. The summed E-state index contributed by atoms with van der Waals surface area (Å²) in [6.07, 6.45) is 2.03. The van der Waals surface area contributed by atoms with Crippen molar-refractivity contribution in [1.82, 2.24) is 5.32 Å². The quantitative estimate of drug-likeness (QED) is 0.503. The number of hydrogen-bond donors (Lipinski definition) is 1. The minimum absolute atomic E-state index is 0.0204. The van der Waals surface area contributed by atoms with Crippen molar-refractivity contribution in [3.63, 3.8) is 0 Å². The number of methoxy groups -OCH3 is 2. The first-order valence-electron chi connectivity index (χ1n) is 9.37. The van der Waals surface area contributed by atoms with Gasteiger partial charge in [0.15, 0.2) is 0 Å². The highest BCUT2D eigenvalue weighted by Crippen LogP contribution is 2.40. The molecule has 0 unspecified atom stereocenters. The molecular weight excluding hydrogens is 370 g/mol. The number of amides is 1. The minimum atomic E-state index is -0.0204. The number of carbonyl (C=O) groups is 1. The van der Waals surface area contributed by atoms with Crippen LogP contribution in [0.15, 0.2) is 54.6 Å². The summed E-state index contributed by atoms with van der Waals surface area (Å²) < 4.78 is 10.5. The predicted molar refractivity (Wildman–Crippen MR) is 116 cm³/mol. The van der Waals surface area contributed by atoms with Crippen LogP contribution < -0.4 is 14.8 Å². The standard InChI is InChI=1S/C23H25NO3S/c1-4-5-14-24-23(25)21-15-20(16-6-10-18(26-2)11-7-16)22(28-21)17-8-12-19(27-3)13-9-17/h6-13,15H,4-5,14H2,1-3H3,(H,24,25). The van der Waals surface area contributed by atoms with E-state index >= 15 is 0 Å². The monoisotopic (exact) mass is 395 g/mol. The Hall–Kier alpha value is -2.79. The van der Waals surface area contributed by atoms with Crippen molar-refractivity contribution in [3.05, 3.63) is 59.5 Å². The smallest absolute Gasteiger partial charge is 0.261 e. The Bertz CT molecular complexity index is 849. The van der Waals surface area contributed by atoms with Crippen molar-refractivity contribution < 1.29 is 14.3 Å². The van der Waals surface area contributed by atoms with E-state index in [1.165, 1.54) is 11.3 Å². The van der Waals surface area contributed by atoms with E-state index in [9.17, 15) is 4.79 Å². The summed E-state index contributed by atoms with van der Waals surface area (Å²) in [7, 11) is 3.31. The fraction of sp³-hybridized carbons (Fsp3) is 0.261. The lowest BCUT2D eigenvalue weighted by Crippen LogP contribution is -2.23. The number of hydrogen-bond acceptors (Lipinski definition) is 4. The van der Waals surface area contributed by atoms with Gasteiger partial charge >= 0.3 is 0 Å². The Morgan fingerprint density at radius 2 is 1.50 bits per heavy atom. The number of thiophene rings is 1. The van der Waals surface area contributed by atoms with Gasteiger partial charge in [0.2, 0.25) is 0 Å². The molecule has 3 aromatic rings. The predicted octanol–water partition coefficient (Wildman–Crippen LogP) is 5.63. The van der Waals surface area contributed by atoms with Gasteiger partial charge in [-0.2, -0.15) is 0 Å². The lowest BCUT2D eigenvalue weighted by atomic mass is 10.0. The molecule has 0 fully saturated rings. The summed E-state index contributed by atoms with van der Waals surface area (Å²) >= 11 is 1.51. The molecule has 5 heteroatoms. The van der Waals surface area contributed by atoms with E-state index in [0.717, 1.165) is 45.9 Å². The van der Waals surface area contributed by atoms with E-state index in [1.807, 2.05) is 54.6 Å². The molecule has 0 aliphatic heterocycles. The van der Waals surface area contributed by atoms with Crippen molar-refractivity contribution in [2.45, 2.75) is 19.8 Å². The lowest BCUT2D eigenvalue weighted by Gasteiger charge is -2.07. The second-order valence-corrected chi connectivity index (χ2v) is 7.47. The van der Waals surface area contributed by atoms with Crippen LogP contribution in [0, 0.1) is 0 Å². The van der Waals surface area contributed by atoms with Crippen LogP contribution in [-0.4, -0.2) is 26.7 Å². The molecule has 1 aromatic heterocycles. The van der Waals surface area contributed by atoms with Gasteiger partial charge in [0.25, 0.3) is 5.91 Å². The first-order valence-corrected chi connectivity index (χ1v) is 10.2. The molecule has 0 spiro atoms. The number of ether oxygens (including phenoxy) is 2. The average Bonchev–Trinajstić information content (AvgIpc) is 3.19. The van der Waals surface area contributed by atoms with E-state index in [0.29, 0.717) is 11.4 Å². The Kier molecular flexibility index (Phi) is 6.71. The summed E-state index contributed by atoms with van der Waals surface area (Å²) in [5.41, 5.74) is 3.15. The van der Waals surface area contributed by atoms with Gasteiger partial charge in [0.1, 0.15) is 11.5 Å². The molecule has 4 nitrogen and oxygen atoms in total. The van der Waals surface area contributed by atoms with Gasteiger partial charge in [0.05, 0.1) is 19.1 Å². The molecule has 0 aliphatic carbocycles. The van der Waals surface area contributed by atoms with Crippen LogP contribution in [0.5, 0.6) is 11.5 Å². The minimum Gasteiger partial charge on any atom is -0.497 e. The maximum absolute atomic E-state index is 12.6. The Labute approximate surface area is 170 Å². The van der Waals surface area contributed by atoms with Gasteiger partial charge in [-0.1, -0.05) is 25.5 Å². The third-order valence-electron chi connectivity index (χ3n) is 4.52. The van der Waals surface area contributed by atoms with Crippen molar-refractivity contribution in [1.29, 1.82) is 0 Å². The topological polar surface area (TPSA) is 47.6 Å². The third-order valence-corrected chi connectivity index (χ3v) is 5.71. The fourth-order valence-electron chi connectivity index (χ4n) is 2.91. The molecule has 0 radical (unpaired) electrons. The number of benzene rings is 2. The largest absolute Gasteiger partial charge is 0.497 e. The molecular formula is C23H25NO3S. The molecule has 0 aliphatic rings. The van der Waals surface area contributed by atoms with Gasteiger partial charge in [-0.25, -0.2) is 0 Å². The Morgan fingerprint density at radius 3 is 2.04 bits per heavy atom. The van der Waals surface area contributed by atoms with Crippen LogP contribution in [0.1, 0.15) is 29.4 Å². The Balaban J connectivity index is 2.00. The third kappa shape index (κ3) is 4.54. The maximum atomic E-state index is 12.6. The first-order chi connectivity index (χ1) is 13.7. The second kappa shape index (κ2) is 9.42. The first kappa shape index (κ1) is 20.0. The summed E-state index contributed by atoms with van der Waals surface area (Å²) in [4.78, 5) is 14.4. The lowest BCUT2D eigenvalue weighted by molar-refractivity contribution is 0.0957. The number of unbranched alkanes of at least 4 members (excludes halogenated alkanes) is 1. The highest BCUT2D eigenvalue weighted by Gasteiger charge is 2.17. The number of rotatable bonds is 8. The van der Waals surface area contributed by atoms with Gasteiger partial charge in [-0.05, 0) is 60.0 Å². The van der Waals surface area contributed by atoms with Crippen LogP contribution in [0.4, 0.5) is 0 Å². The van der Waals surface area contributed by atoms with Crippen LogP contribution in [-0.2, 0) is 0 Å². The molecule has 1 amide bonds. The molecule has 3 rings (SSSR count). The average molecular weight is 396 g/mol. The van der Waals surface area contributed by atoms with E-state index in [2.05, 4.69) is 12.2 Å². The van der Waals surface area contributed by atoms with Crippen molar-refractivity contribution >= 4 is 17.2 Å². The van der Waals surface area contributed by atoms with Crippen molar-refractivity contribution in [2.75, 3.05) is 20.8 Å². The molecule has 0 saturated carbocycles. The van der Waals surface area contributed by atoms with E-state index in [1.54, 1.807) is 14.2 Å². The zero-order chi connectivity index (χ0) is 19.9. The molecule has 0 bridgehead atoms. The zero-order valence-corrected chi connectivity index (χ0v) is 17.3. The summed E-state index contributed by atoms with van der Waals surface area (Å²) in [5, 5.41) is 3.01. The number of nitrogens with one attached hydrogen (secondary N) is 1. The number of carbonyl (C=O) groups excluding carboxylic acids is 1. The summed E-state index contributed by atoms with van der Waals surface area (Å²) in [6, 6.07) is 17.8. The maximum Gasteiger partial charge on any atom is 0.261 e. The van der Waals surface area contributed by atoms with Gasteiger partial charge < -0.3 is 14.8 Å². The van der Waals surface area contributed by atoms with Crippen LogP contribution >= 0.6 is 11.3 Å². The van der Waals surface area contributed by atoms with Gasteiger partial charge in [-0.15, -0.1) is 11.3 Å². The molecule has 28 heavy (non-hydrogen) atoms. The highest BCUT2D eigenvalue weighted by molar-refractivity contribution is 7.18. The van der Waals surface area contributed by atoms with E-state index in [4.69, 9.17) is 9.47 Å². The molecule has 1 N–H and O–H groups in total. The fourth-order valence-corrected chi connectivity index (χ4v) is 4.01. The molecule has 2 aromatic carbocycles. The van der Waals surface area contributed by atoms with Crippen LogP contribution in [0.2, 0.25) is 0 Å². The molecule has 146 valence electrons.